The number of ether oxygens (including phenoxy) is 2. The van der Waals surface area contributed by atoms with Crippen molar-refractivity contribution in [1.82, 2.24) is 10.3 Å². The van der Waals surface area contributed by atoms with Gasteiger partial charge in [-0.2, -0.15) is 30.7 Å². The third kappa shape index (κ3) is 9.93. The molecule has 0 bridgehead atoms. The Morgan fingerprint density at radius 2 is 1.59 bits per heavy atom. The predicted octanol–water partition coefficient (Wildman–Crippen LogP) is 9.07. The number of carbonyl (C=O) groups excluding carboxylic acids is 2. The molecule has 6 nitrogen and oxygen atoms in total. The Labute approximate surface area is 290 Å². The summed E-state index contributed by atoms with van der Waals surface area (Å²) in [5.41, 5.74) is -4.02. The second kappa shape index (κ2) is 16.0. The van der Waals surface area contributed by atoms with Crippen LogP contribution in [0.1, 0.15) is 58.1 Å². The number of benzene rings is 3. The standard InChI is InChI=1S/C35H28ClF9N2O4/c1-2-50-30(48)5-3-4-20-6-8-21(9-7-20)18-33(29-13-11-24(36)19-46-29,23-15-25(37)17-26(16-23)51-35(44,45)32(39)40)47-31(49)22-10-12-28(38)27(14-22)34(41,42)43/h6-17,19,32H,2-5,18H2,1H3,(H,47,49). The van der Waals surface area contributed by atoms with E-state index in [1.807, 2.05) is 0 Å². The molecule has 1 N–H and O–H groups in total. The van der Waals surface area contributed by atoms with Crippen molar-refractivity contribution in [2.24, 2.45) is 0 Å². The molecule has 0 saturated heterocycles. The lowest BCUT2D eigenvalue weighted by molar-refractivity contribution is -0.253. The third-order valence-corrected chi connectivity index (χ3v) is 7.77. The van der Waals surface area contributed by atoms with E-state index in [-0.39, 0.29) is 35.8 Å². The SMILES string of the molecule is CCOC(=O)CCCc1ccc(CC(NC(=O)c2ccc(F)c(C(F)(F)F)c2)(c2cc(F)cc(OC(F)(F)C(F)F)c2)c2ccc(Cl)cn2)cc1. The van der Waals surface area contributed by atoms with Gasteiger partial charge in [-0.05, 0) is 78.9 Å². The van der Waals surface area contributed by atoms with Crippen LogP contribution in [0.4, 0.5) is 39.5 Å². The van der Waals surface area contributed by atoms with Crippen LogP contribution in [0.3, 0.4) is 0 Å². The largest absolute Gasteiger partial charge is 0.466 e. The van der Waals surface area contributed by atoms with Crippen LogP contribution in [0, 0.1) is 11.6 Å². The lowest BCUT2D eigenvalue weighted by atomic mass is 9.79. The number of hydrogen-bond donors (Lipinski definition) is 1. The number of alkyl halides is 7. The molecule has 1 amide bonds. The highest BCUT2D eigenvalue weighted by atomic mass is 35.5. The molecule has 1 atom stereocenters. The number of carbonyl (C=O) groups is 2. The van der Waals surface area contributed by atoms with Crippen LogP contribution >= 0.6 is 11.6 Å². The number of aryl methyl sites for hydroxylation is 1. The molecule has 51 heavy (non-hydrogen) atoms. The highest BCUT2D eigenvalue weighted by Crippen LogP contribution is 2.38. The summed E-state index contributed by atoms with van der Waals surface area (Å²) in [5.74, 6) is -5.67. The van der Waals surface area contributed by atoms with Crippen molar-refractivity contribution < 1.29 is 58.6 Å². The topological polar surface area (TPSA) is 77.5 Å². The first-order chi connectivity index (χ1) is 23.9. The molecule has 0 aliphatic heterocycles. The molecule has 0 radical (unpaired) electrons. The number of pyridine rings is 1. The summed E-state index contributed by atoms with van der Waals surface area (Å²) < 4.78 is 133. The first-order valence-electron chi connectivity index (χ1n) is 15.1. The van der Waals surface area contributed by atoms with Crippen molar-refractivity contribution in [3.8, 4) is 5.75 Å². The van der Waals surface area contributed by atoms with Crippen LogP contribution in [0.2, 0.25) is 5.02 Å². The third-order valence-electron chi connectivity index (χ3n) is 7.54. The maximum Gasteiger partial charge on any atom is 0.461 e. The molecule has 1 heterocycles. The Hall–Kier alpha value is -4.79. The molecule has 0 spiro atoms. The number of nitrogens with zero attached hydrogens (tertiary/aromatic N) is 1. The molecule has 0 fully saturated rings. The van der Waals surface area contributed by atoms with E-state index in [4.69, 9.17) is 16.3 Å². The molecule has 0 aliphatic carbocycles. The second-order valence-corrected chi connectivity index (χ2v) is 11.6. The smallest absolute Gasteiger partial charge is 0.461 e. The number of hydrogen-bond acceptors (Lipinski definition) is 5. The van der Waals surface area contributed by atoms with E-state index >= 15 is 4.39 Å². The first-order valence-corrected chi connectivity index (χ1v) is 15.5. The first kappa shape index (κ1) is 39.0. The monoisotopic (exact) mass is 746 g/mol. The van der Waals surface area contributed by atoms with Gasteiger partial charge in [-0.25, -0.2) is 8.78 Å². The van der Waals surface area contributed by atoms with Gasteiger partial charge in [0, 0.05) is 30.7 Å². The number of amides is 1. The van der Waals surface area contributed by atoms with Crippen LogP contribution in [0.25, 0.3) is 0 Å². The Kier molecular flexibility index (Phi) is 12.3. The van der Waals surface area contributed by atoms with Gasteiger partial charge in [0.2, 0.25) is 0 Å². The summed E-state index contributed by atoms with van der Waals surface area (Å²) in [6.45, 7) is 1.90. The Morgan fingerprint density at radius 3 is 2.20 bits per heavy atom. The van der Waals surface area contributed by atoms with E-state index in [0.717, 1.165) is 30.0 Å². The molecule has 4 aromatic rings. The van der Waals surface area contributed by atoms with Crippen LogP contribution in [0.5, 0.6) is 5.75 Å². The lowest BCUT2D eigenvalue weighted by Crippen LogP contribution is -2.49. The van der Waals surface area contributed by atoms with E-state index in [2.05, 4.69) is 15.0 Å². The van der Waals surface area contributed by atoms with Crippen molar-refractivity contribution in [2.45, 2.75) is 56.9 Å². The van der Waals surface area contributed by atoms with Gasteiger partial charge in [0.15, 0.2) is 0 Å². The maximum atomic E-state index is 15.2. The molecule has 0 saturated carbocycles. The predicted molar refractivity (Wildman–Crippen MR) is 167 cm³/mol. The summed E-state index contributed by atoms with van der Waals surface area (Å²) in [6, 6.07) is 12.4. The van der Waals surface area contributed by atoms with Crippen LogP contribution < -0.4 is 10.1 Å². The number of esters is 1. The minimum absolute atomic E-state index is 0.0827. The summed E-state index contributed by atoms with van der Waals surface area (Å²) in [6.07, 6.45) is -12.8. The average Bonchev–Trinajstić information content (AvgIpc) is 3.04. The second-order valence-electron chi connectivity index (χ2n) is 11.2. The molecule has 4 rings (SSSR count). The van der Waals surface area contributed by atoms with Crippen LogP contribution in [0.15, 0.2) is 79.0 Å². The molecular weight excluding hydrogens is 719 g/mol. The fraction of sp³-hybridized carbons (Fsp3) is 0.286. The van der Waals surface area contributed by atoms with Crippen molar-refractivity contribution in [1.29, 1.82) is 0 Å². The van der Waals surface area contributed by atoms with Gasteiger partial charge in [0.25, 0.3) is 5.91 Å². The summed E-state index contributed by atoms with van der Waals surface area (Å²) >= 11 is 6.04. The fourth-order valence-electron chi connectivity index (χ4n) is 5.17. The van der Waals surface area contributed by atoms with Crippen molar-refractivity contribution in [2.75, 3.05) is 6.61 Å². The quantitative estimate of drug-likeness (QED) is 0.103. The highest BCUT2D eigenvalue weighted by Gasteiger charge is 2.45. The molecule has 1 aromatic heterocycles. The van der Waals surface area contributed by atoms with Crippen molar-refractivity contribution in [3.63, 3.8) is 0 Å². The Morgan fingerprint density at radius 1 is 0.902 bits per heavy atom. The number of nitrogens with one attached hydrogen (secondary N) is 1. The van der Waals surface area contributed by atoms with E-state index in [9.17, 15) is 44.7 Å². The zero-order valence-corrected chi connectivity index (χ0v) is 27.2. The van der Waals surface area contributed by atoms with Crippen molar-refractivity contribution >= 4 is 23.5 Å². The van der Waals surface area contributed by atoms with Gasteiger partial charge in [-0.15, -0.1) is 0 Å². The van der Waals surface area contributed by atoms with Gasteiger partial charge in [-0.1, -0.05) is 35.9 Å². The average molecular weight is 747 g/mol. The Balaban J connectivity index is 1.87. The molecule has 1 unspecified atom stereocenters. The summed E-state index contributed by atoms with van der Waals surface area (Å²) in [7, 11) is 0. The zero-order valence-electron chi connectivity index (χ0n) is 26.5. The summed E-state index contributed by atoms with van der Waals surface area (Å²) in [5, 5.41) is 2.60. The van der Waals surface area contributed by atoms with Gasteiger partial charge in [0.1, 0.15) is 22.9 Å². The van der Waals surface area contributed by atoms with Gasteiger partial charge < -0.3 is 14.8 Å². The zero-order chi connectivity index (χ0) is 37.6. The fourth-order valence-corrected chi connectivity index (χ4v) is 5.28. The van der Waals surface area contributed by atoms with Gasteiger partial charge >= 0.3 is 24.7 Å². The maximum absolute atomic E-state index is 15.2. The molecule has 3 aromatic carbocycles. The number of halogens is 10. The molecule has 0 aliphatic rings. The number of rotatable bonds is 14. The molecular formula is C35H28ClF9N2O4. The number of aromatic nitrogens is 1. The summed E-state index contributed by atoms with van der Waals surface area (Å²) in [4.78, 5) is 29.7. The van der Waals surface area contributed by atoms with Crippen LogP contribution in [-0.2, 0) is 34.1 Å². The highest BCUT2D eigenvalue weighted by molar-refractivity contribution is 6.30. The molecule has 272 valence electrons. The normalized spacial score (nSPS) is 13.1. The van der Waals surface area contributed by atoms with E-state index in [1.54, 1.807) is 31.2 Å². The van der Waals surface area contributed by atoms with Crippen LogP contribution in [-0.4, -0.2) is 36.0 Å². The van der Waals surface area contributed by atoms with E-state index < -0.39 is 70.7 Å². The van der Waals surface area contributed by atoms with E-state index in [1.165, 1.54) is 12.1 Å². The van der Waals surface area contributed by atoms with Crippen molar-refractivity contribution in [3.05, 3.63) is 129 Å². The van der Waals surface area contributed by atoms with Gasteiger partial charge in [0.05, 0.1) is 22.9 Å². The van der Waals surface area contributed by atoms with Gasteiger partial charge in [-0.3, -0.25) is 14.6 Å². The minimum Gasteiger partial charge on any atom is -0.466 e. The lowest BCUT2D eigenvalue weighted by Gasteiger charge is -2.36. The van der Waals surface area contributed by atoms with E-state index in [0.29, 0.717) is 30.5 Å². The molecule has 16 heteroatoms. The Bertz CT molecular complexity index is 1840. The minimum atomic E-state index is -5.20.